The molecule has 2 aromatic rings. The van der Waals surface area contributed by atoms with Crippen LogP contribution in [-0.4, -0.2) is 41.0 Å². The normalized spacial score (nSPS) is 16.8. The van der Waals surface area contributed by atoms with E-state index in [1.807, 2.05) is 73.4 Å². The van der Waals surface area contributed by atoms with Gasteiger partial charge in [-0.15, -0.1) is 0 Å². The van der Waals surface area contributed by atoms with Gasteiger partial charge in [0.25, 0.3) is 0 Å². The third kappa shape index (κ3) is 5.42. The first-order chi connectivity index (χ1) is 13.5. The Bertz CT molecular complexity index is 849. The van der Waals surface area contributed by atoms with Crippen LogP contribution in [0.4, 0.5) is 10.5 Å². The van der Waals surface area contributed by atoms with Gasteiger partial charge < -0.3 is 15.5 Å². The lowest BCUT2D eigenvalue weighted by atomic mass is 10.1. The molecule has 1 aromatic carbocycles. The number of amides is 3. The molecule has 0 aliphatic carbocycles. The Morgan fingerprint density at radius 1 is 1.25 bits per heavy atom. The molecule has 2 N–H and O–H groups in total. The van der Waals surface area contributed by atoms with Gasteiger partial charge in [0.05, 0.1) is 5.69 Å². The molecule has 3 amide bonds. The molecule has 3 rings (SSSR count). The van der Waals surface area contributed by atoms with Gasteiger partial charge >= 0.3 is 6.03 Å². The molecule has 0 radical (unpaired) electrons. The zero-order valence-corrected chi connectivity index (χ0v) is 16.3. The van der Waals surface area contributed by atoms with Crippen LogP contribution in [0.5, 0.6) is 0 Å². The summed E-state index contributed by atoms with van der Waals surface area (Å²) in [5, 5.41) is 5.73. The predicted octanol–water partition coefficient (Wildman–Crippen LogP) is 3.63. The van der Waals surface area contributed by atoms with Gasteiger partial charge in [-0.1, -0.05) is 24.3 Å². The summed E-state index contributed by atoms with van der Waals surface area (Å²) in [6, 6.07) is 13.3. The maximum atomic E-state index is 12.2. The molecule has 1 fully saturated rings. The Hall–Kier alpha value is -3.15. The average molecular weight is 378 g/mol. The van der Waals surface area contributed by atoms with E-state index in [-0.39, 0.29) is 23.9 Å². The molecule has 146 valence electrons. The Morgan fingerprint density at radius 2 is 2.11 bits per heavy atom. The highest BCUT2D eigenvalue weighted by Crippen LogP contribution is 2.19. The van der Waals surface area contributed by atoms with Gasteiger partial charge in [0.1, 0.15) is 0 Å². The summed E-state index contributed by atoms with van der Waals surface area (Å²) in [4.78, 5) is 30.3. The lowest BCUT2D eigenvalue weighted by Crippen LogP contribution is -2.35. The van der Waals surface area contributed by atoms with Crippen LogP contribution in [-0.2, 0) is 4.79 Å². The summed E-state index contributed by atoms with van der Waals surface area (Å²) in [5.41, 5.74) is 2.56. The van der Waals surface area contributed by atoms with E-state index < -0.39 is 0 Å². The molecule has 2 heterocycles. The fourth-order valence-corrected chi connectivity index (χ4v) is 3.23. The van der Waals surface area contributed by atoms with Crippen molar-refractivity contribution >= 4 is 29.8 Å². The van der Waals surface area contributed by atoms with Gasteiger partial charge in [-0.05, 0) is 49.8 Å². The zero-order valence-electron chi connectivity index (χ0n) is 16.3. The van der Waals surface area contributed by atoms with Crippen molar-refractivity contribution in [1.29, 1.82) is 0 Å². The van der Waals surface area contributed by atoms with E-state index >= 15 is 0 Å². The fourth-order valence-electron chi connectivity index (χ4n) is 3.23. The number of hydrogen-bond donors (Lipinski definition) is 2. The number of benzene rings is 1. The van der Waals surface area contributed by atoms with E-state index in [9.17, 15) is 9.59 Å². The molecule has 6 heteroatoms. The summed E-state index contributed by atoms with van der Waals surface area (Å²) in [7, 11) is 0. The SMILES string of the molecule is CC(C)N1CC(CNC(=O)Nc2cccc(C=Cc3ccccn3)c2)CC1=O. The number of urea groups is 1. The molecular weight excluding hydrogens is 352 g/mol. The molecule has 1 aliphatic rings. The van der Waals surface area contributed by atoms with Crippen LogP contribution in [0.2, 0.25) is 0 Å². The number of aromatic nitrogens is 1. The molecule has 1 aliphatic heterocycles. The number of hydrogen-bond acceptors (Lipinski definition) is 3. The third-order valence-electron chi connectivity index (χ3n) is 4.69. The van der Waals surface area contributed by atoms with Crippen molar-refractivity contribution in [3.8, 4) is 0 Å². The Balaban J connectivity index is 1.51. The highest BCUT2D eigenvalue weighted by Gasteiger charge is 2.31. The predicted molar refractivity (Wildman–Crippen MR) is 112 cm³/mol. The molecule has 1 saturated heterocycles. The van der Waals surface area contributed by atoms with Gasteiger partial charge in [0.2, 0.25) is 5.91 Å². The second-order valence-corrected chi connectivity index (χ2v) is 7.26. The van der Waals surface area contributed by atoms with Crippen LogP contribution < -0.4 is 10.6 Å². The smallest absolute Gasteiger partial charge is 0.319 e. The number of pyridine rings is 1. The van der Waals surface area contributed by atoms with Crippen LogP contribution in [0.3, 0.4) is 0 Å². The largest absolute Gasteiger partial charge is 0.340 e. The van der Waals surface area contributed by atoms with Gasteiger partial charge in [-0.2, -0.15) is 0 Å². The van der Waals surface area contributed by atoms with Crippen LogP contribution in [0.15, 0.2) is 48.7 Å². The van der Waals surface area contributed by atoms with E-state index in [1.54, 1.807) is 6.20 Å². The molecule has 0 spiro atoms. The van der Waals surface area contributed by atoms with Crippen molar-refractivity contribution in [2.24, 2.45) is 5.92 Å². The van der Waals surface area contributed by atoms with Crippen LogP contribution >= 0.6 is 0 Å². The Morgan fingerprint density at radius 3 is 2.82 bits per heavy atom. The van der Waals surface area contributed by atoms with Crippen molar-refractivity contribution in [2.45, 2.75) is 26.3 Å². The van der Waals surface area contributed by atoms with E-state index in [0.29, 0.717) is 25.2 Å². The third-order valence-corrected chi connectivity index (χ3v) is 4.69. The number of nitrogens with one attached hydrogen (secondary N) is 2. The van der Waals surface area contributed by atoms with E-state index in [1.165, 1.54) is 0 Å². The number of anilines is 1. The second-order valence-electron chi connectivity index (χ2n) is 7.26. The van der Waals surface area contributed by atoms with Crippen molar-refractivity contribution in [1.82, 2.24) is 15.2 Å². The summed E-state index contributed by atoms with van der Waals surface area (Å²) in [6.45, 7) is 5.20. The molecule has 0 bridgehead atoms. The first-order valence-electron chi connectivity index (χ1n) is 9.55. The summed E-state index contributed by atoms with van der Waals surface area (Å²) in [6.07, 6.45) is 6.12. The maximum Gasteiger partial charge on any atom is 0.319 e. The summed E-state index contributed by atoms with van der Waals surface area (Å²) in [5.74, 6) is 0.322. The number of rotatable bonds is 6. The molecule has 1 unspecified atom stereocenters. The molecule has 1 aromatic heterocycles. The minimum Gasteiger partial charge on any atom is -0.340 e. The molecule has 0 saturated carbocycles. The highest BCUT2D eigenvalue weighted by molar-refractivity contribution is 5.90. The van der Waals surface area contributed by atoms with E-state index in [0.717, 1.165) is 11.3 Å². The quantitative estimate of drug-likeness (QED) is 0.806. The van der Waals surface area contributed by atoms with Crippen LogP contribution in [0.1, 0.15) is 31.5 Å². The Labute approximate surface area is 165 Å². The van der Waals surface area contributed by atoms with Gasteiger partial charge in [-0.25, -0.2) is 4.79 Å². The van der Waals surface area contributed by atoms with Gasteiger partial charge in [0.15, 0.2) is 0 Å². The zero-order chi connectivity index (χ0) is 19.9. The van der Waals surface area contributed by atoms with Gasteiger partial charge in [0, 0.05) is 43.4 Å². The number of nitrogens with zero attached hydrogens (tertiary/aromatic N) is 2. The minimum absolute atomic E-state index is 0.160. The van der Waals surface area contributed by atoms with Crippen molar-refractivity contribution in [3.05, 3.63) is 59.9 Å². The van der Waals surface area contributed by atoms with Crippen LogP contribution in [0.25, 0.3) is 12.2 Å². The molecule has 1 atom stereocenters. The van der Waals surface area contributed by atoms with Gasteiger partial charge in [-0.3, -0.25) is 9.78 Å². The lowest BCUT2D eigenvalue weighted by molar-refractivity contribution is -0.129. The number of carbonyl (C=O) groups is 2. The first kappa shape index (κ1) is 19.6. The monoisotopic (exact) mass is 378 g/mol. The standard InChI is InChI=1S/C22H26N4O2/c1-16(2)26-15-18(13-21(26)27)14-24-22(28)25-20-8-5-6-17(12-20)9-10-19-7-3-4-11-23-19/h3-12,16,18H,13-15H2,1-2H3,(H2,24,25,28). The molecule has 28 heavy (non-hydrogen) atoms. The second kappa shape index (κ2) is 9.17. The van der Waals surface area contributed by atoms with E-state index in [4.69, 9.17) is 0 Å². The van der Waals surface area contributed by atoms with Crippen molar-refractivity contribution < 1.29 is 9.59 Å². The van der Waals surface area contributed by atoms with Crippen LogP contribution in [0, 0.1) is 5.92 Å². The lowest BCUT2D eigenvalue weighted by Gasteiger charge is -2.21. The maximum absolute atomic E-state index is 12.2. The Kier molecular flexibility index (Phi) is 6.42. The van der Waals surface area contributed by atoms with E-state index in [2.05, 4.69) is 15.6 Å². The molecule has 6 nitrogen and oxygen atoms in total. The number of carbonyl (C=O) groups excluding carboxylic acids is 2. The van der Waals surface area contributed by atoms with Crippen molar-refractivity contribution in [2.75, 3.05) is 18.4 Å². The topological polar surface area (TPSA) is 74.3 Å². The fraction of sp³-hybridized carbons (Fsp3) is 0.318. The minimum atomic E-state index is -0.263. The number of likely N-dealkylation sites (tertiary alicyclic amines) is 1. The highest BCUT2D eigenvalue weighted by atomic mass is 16.2. The molecular formula is C22H26N4O2. The summed E-state index contributed by atoms with van der Waals surface area (Å²) < 4.78 is 0. The summed E-state index contributed by atoms with van der Waals surface area (Å²) >= 11 is 0. The van der Waals surface area contributed by atoms with Crippen molar-refractivity contribution in [3.63, 3.8) is 0 Å². The first-order valence-corrected chi connectivity index (χ1v) is 9.55. The average Bonchev–Trinajstić information content (AvgIpc) is 3.07.